The van der Waals surface area contributed by atoms with Gasteiger partial charge < -0.3 is 9.47 Å². The molecule has 128 valence electrons. The third-order valence-electron chi connectivity index (χ3n) is 4.78. The number of fused-ring (bicyclic) bond motifs is 1. The van der Waals surface area contributed by atoms with E-state index < -0.39 is 0 Å². The Morgan fingerprint density at radius 3 is 3.00 bits per heavy atom. The molecule has 5 heteroatoms. The van der Waals surface area contributed by atoms with Gasteiger partial charge in [-0.1, -0.05) is 12.1 Å². The van der Waals surface area contributed by atoms with Gasteiger partial charge in [-0.05, 0) is 31.0 Å². The van der Waals surface area contributed by atoms with Gasteiger partial charge in [0, 0.05) is 44.9 Å². The Hall–Kier alpha value is -1.85. The first kappa shape index (κ1) is 15.7. The van der Waals surface area contributed by atoms with Crippen LogP contribution in [0.2, 0.25) is 0 Å². The molecule has 0 spiro atoms. The molecule has 2 aromatic rings. The number of ether oxygens (including phenoxy) is 2. The second kappa shape index (κ2) is 5.90. The highest BCUT2D eigenvalue weighted by Crippen LogP contribution is 2.35. The van der Waals surface area contributed by atoms with Crippen molar-refractivity contribution in [3.8, 4) is 5.75 Å². The predicted octanol–water partition coefficient (Wildman–Crippen LogP) is 2.71. The molecule has 1 fully saturated rings. The zero-order valence-corrected chi connectivity index (χ0v) is 14.7. The van der Waals surface area contributed by atoms with Crippen LogP contribution in [0.5, 0.6) is 5.75 Å². The lowest BCUT2D eigenvalue weighted by molar-refractivity contribution is -0.0329. The van der Waals surface area contributed by atoms with E-state index in [0.717, 1.165) is 44.0 Å². The average Bonchev–Trinajstić information content (AvgIpc) is 3.09. The minimum absolute atomic E-state index is 0.0780. The van der Waals surface area contributed by atoms with Gasteiger partial charge in [0.1, 0.15) is 11.4 Å². The van der Waals surface area contributed by atoms with E-state index in [1.165, 1.54) is 11.1 Å². The first-order valence-electron chi connectivity index (χ1n) is 8.62. The van der Waals surface area contributed by atoms with E-state index in [4.69, 9.17) is 9.47 Å². The first-order chi connectivity index (χ1) is 11.5. The van der Waals surface area contributed by atoms with E-state index in [9.17, 15) is 0 Å². The van der Waals surface area contributed by atoms with E-state index in [1.54, 1.807) is 0 Å². The van der Waals surface area contributed by atoms with Crippen molar-refractivity contribution < 1.29 is 9.47 Å². The molecule has 2 aliphatic heterocycles. The minimum atomic E-state index is -0.0780. The first-order valence-corrected chi connectivity index (χ1v) is 8.62. The van der Waals surface area contributed by atoms with Gasteiger partial charge in [-0.25, -0.2) is 0 Å². The Bertz CT molecular complexity index is 738. The normalized spacial score (nSPS) is 23.0. The van der Waals surface area contributed by atoms with Gasteiger partial charge in [-0.3, -0.25) is 9.58 Å². The van der Waals surface area contributed by atoms with Crippen LogP contribution in [0.15, 0.2) is 30.6 Å². The number of rotatable bonds is 3. The highest BCUT2D eigenvalue weighted by molar-refractivity contribution is 5.41. The Morgan fingerprint density at radius 2 is 2.21 bits per heavy atom. The van der Waals surface area contributed by atoms with Crippen LogP contribution in [0.3, 0.4) is 0 Å². The van der Waals surface area contributed by atoms with E-state index in [1.807, 2.05) is 24.1 Å². The summed E-state index contributed by atoms with van der Waals surface area (Å²) >= 11 is 0. The average molecular weight is 327 g/mol. The van der Waals surface area contributed by atoms with Crippen LogP contribution in [-0.2, 0) is 24.8 Å². The summed E-state index contributed by atoms with van der Waals surface area (Å²) in [4.78, 5) is 2.46. The van der Waals surface area contributed by atoms with Gasteiger partial charge in [-0.2, -0.15) is 5.10 Å². The standard InChI is InChI=1S/C19H25N3O2/c1-19(2)9-15-8-14(4-5-17(15)24-19)11-22-6-7-23-18(13-22)16-10-20-21(3)12-16/h4-5,8,10,12,18H,6-7,9,11,13H2,1-3H3. The molecule has 1 saturated heterocycles. The SMILES string of the molecule is Cn1cc(C2CN(Cc3ccc4c(c3)CC(C)(C)O4)CCO2)cn1. The van der Waals surface area contributed by atoms with Crippen LogP contribution in [0.1, 0.15) is 36.6 Å². The molecule has 24 heavy (non-hydrogen) atoms. The van der Waals surface area contributed by atoms with Crippen molar-refractivity contribution in [3.05, 3.63) is 47.3 Å². The number of hydrogen-bond donors (Lipinski definition) is 0. The van der Waals surface area contributed by atoms with Crippen LogP contribution in [0, 0.1) is 0 Å². The summed E-state index contributed by atoms with van der Waals surface area (Å²) in [5.74, 6) is 1.04. The zero-order chi connectivity index (χ0) is 16.7. The van der Waals surface area contributed by atoms with Gasteiger partial charge >= 0.3 is 0 Å². The maximum absolute atomic E-state index is 5.97. The second-order valence-electron chi connectivity index (χ2n) is 7.52. The quantitative estimate of drug-likeness (QED) is 0.869. The molecule has 0 amide bonds. The monoisotopic (exact) mass is 327 g/mol. The molecule has 0 bridgehead atoms. The van der Waals surface area contributed by atoms with E-state index in [-0.39, 0.29) is 11.7 Å². The molecular formula is C19H25N3O2. The van der Waals surface area contributed by atoms with Gasteiger partial charge in [0.05, 0.1) is 18.9 Å². The summed E-state index contributed by atoms with van der Waals surface area (Å²) in [6, 6.07) is 6.62. The molecule has 4 rings (SSSR count). The maximum atomic E-state index is 5.97. The number of morpholine rings is 1. The summed E-state index contributed by atoms with van der Waals surface area (Å²) in [6.07, 6.45) is 5.05. The predicted molar refractivity (Wildman–Crippen MR) is 92.0 cm³/mol. The lowest BCUT2D eigenvalue weighted by Crippen LogP contribution is -2.37. The van der Waals surface area contributed by atoms with Crippen LogP contribution >= 0.6 is 0 Å². The van der Waals surface area contributed by atoms with Crippen molar-refractivity contribution in [3.63, 3.8) is 0 Å². The Morgan fingerprint density at radius 1 is 1.33 bits per heavy atom. The molecule has 2 aliphatic rings. The lowest BCUT2D eigenvalue weighted by Gasteiger charge is -2.32. The van der Waals surface area contributed by atoms with Crippen molar-refractivity contribution in [1.82, 2.24) is 14.7 Å². The van der Waals surface area contributed by atoms with E-state index in [2.05, 4.69) is 42.0 Å². The van der Waals surface area contributed by atoms with Crippen molar-refractivity contribution in [2.75, 3.05) is 19.7 Å². The zero-order valence-electron chi connectivity index (χ0n) is 14.7. The van der Waals surface area contributed by atoms with Crippen molar-refractivity contribution in [2.24, 2.45) is 7.05 Å². The summed E-state index contributed by atoms with van der Waals surface area (Å²) in [5, 5.41) is 4.26. The summed E-state index contributed by atoms with van der Waals surface area (Å²) in [7, 11) is 1.94. The summed E-state index contributed by atoms with van der Waals surface area (Å²) in [5.41, 5.74) is 3.76. The summed E-state index contributed by atoms with van der Waals surface area (Å²) < 4.78 is 13.7. The van der Waals surface area contributed by atoms with Crippen LogP contribution in [0.4, 0.5) is 0 Å². The van der Waals surface area contributed by atoms with E-state index in [0.29, 0.717) is 0 Å². The number of aromatic nitrogens is 2. The third-order valence-corrected chi connectivity index (χ3v) is 4.78. The largest absolute Gasteiger partial charge is 0.487 e. The Kier molecular flexibility index (Phi) is 3.85. The Labute approximate surface area is 143 Å². The molecule has 0 radical (unpaired) electrons. The highest BCUT2D eigenvalue weighted by Gasteiger charge is 2.30. The van der Waals surface area contributed by atoms with E-state index >= 15 is 0 Å². The molecule has 0 aliphatic carbocycles. The van der Waals surface area contributed by atoms with Crippen molar-refractivity contribution in [2.45, 2.75) is 38.5 Å². The number of aryl methyl sites for hydroxylation is 1. The molecule has 3 heterocycles. The molecular weight excluding hydrogens is 302 g/mol. The molecule has 0 saturated carbocycles. The highest BCUT2D eigenvalue weighted by atomic mass is 16.5. The molecule has 0 N–H and O–H groups in total. The molecule has 1 aromatic heterocycles. The lowest BCUT2D eigenvalue weighted by atomic mass is 10.00. The van der Waals surface area contributed by atoms with Crippen LogP contribution in [-0.4, -0.2) is 40.0 Å². The van der Waals surface area contributed by atoms with Crippen molar-refractivity contribution >= 4 is 0 Å². The van der Waals surface area contributed by atoms with Gasteiger partial charge in [-0.15, -0.1) is 0 Å². The van der Waals surface area contributed by atoms with Gasteiger partial charge in [0.15, 0.2) is 0 Å². The fourth-order valence-corrected chi connectivity index (χ4v) is 3.67. The van der Waals surface area contributed by atoms with Crippen molar-refractivity contribution in [1.29, 1.82) is 0 Å². The molecule has 1 unspecified atom stereocenters. The third kappa shape index (κ3) is 3.19. The maximum Gasteiger partial charge on any atom is 0.123 e. The number of benzene rings is 1. The number of nitrogens with zero attached hydrogens (tertiary/aromatic N) is 3. The Balaban J connectivity index is 1.44. The fraction of sp³-hybridized carbons (Fsp3) is 0.526. The molecule has 5 nitrogen and oxygen atoms in total. The van der Waals surface area contributed by atoms with Crippen LogP contribution in [0.25, 0.3) is 0 Å². The molecule has 1 atom stereocenters. The van der Waals surface area contributed by atoms with Crippen LogP contribution < -0.4 is 4.74 Å². The topological polar surface area (TPSA) is 39.5 Å². The van der Waals surface area contributed by atoms with Gasteiger partial charge in [0.25, 0.3) is 0 Å². The minimum Gasteiger partial charge on any atom is -0.487 e. The molecule has 1 aromatic carbocycles. The summed E-state index contributed by atoms with van der Waals surface area (Å²) in [6.45, 7) is 7.88. The fourth-order valence-electron chi connectivity index (χ4n) is 3.67. The smallest absolute Gasteiger partial charge is 0.123 e. The number of hydrogen-bond acceptors (Lipinski definition) is 4. The second-order valence-corrected chi connectivity index (χ2v) is 7.52. The van der Waals surface area contributed by atoms with Gasteiger partial charge in [0.2, 0.25) is 0 Å².